The van der Waals surface area contributed by atoms with Gasteiger partial charge in [-0.05, 0) is 104 Å². The minimum Gasteiger partial charge on any atom is -0.481 e. The molecule has 0 radical (unpaired) electrons. The number of aliphatic hydroxyl groups is 1. The lowest BCUT2D eigenvalue weighted by molar-refractivity contribution is -0.185. The van der Waals surface area contributed by atoms with E-state index in [2.05, 4.69) is 53.8 Å². The summed E-state index contributed by atoms with van der Waals surface area (Å²) in [5.41, 5.74) is -0.175. The van der Waals surface area contributed by atoms with Crippen LogP contribution in [0.15, 0.2) is 0 Å². The molecule has 48 heavy (non-hydrogen) atoms. The molecule has 5 saturated carbocycles. The molecule has 0 aromatic rings. The maximum atomic E-state index is 12.9. The lowest BCUT2D eigenvalue weighted by atomic mass is 9.41. The Morgan fingerprint density at radius 2 is 1.69 bits per heavy atom. The average molecular weight is 673 g/mol. The Kier molecular flexibility index (Phi) is 8.22. The zero-order valence-corrected chi connectivity index (χ0v) is 30.3. The second kappa shape index (κ2) is 11.5. The van der Waals surface area contributed by atoms with Crippen molar-refractivity contribution in [3.05, 3.63) is 0 Å². The quantitative estimate of drug-likeness (QED) is 0.290. The molecule has 2 heterocycles. The van der Waals surface area contributed by atoms with Gasteiger partial charge in [0.15, 0.2) is 0 Å². The smallest absolute Gasteiger partial charge is 0.410 e. The molecule has 10 nitrogen and oxygen atoms in total. The lowest BCUT2D eigenvalue weighted by Crippen LogP contribution is -2.60. The molecule has 7 aliphatic rings. The molecule has 0 aromatic carbocycles. The number of hydrogen-bond acceptors (Lipinski definition) is 7. The summed E-state index contributed by atoms with van der Waals surface area (Å²) in [6, 6.07) is 0. The highest BCUT2D eigenvalue weighted by Crippen LogP contribution is 2.89. The van der Waals surface area contributed by atoms with E-state index in [0.717, 1.165) is 58.0 Å². The van der Waals surface area contributed by atoms with Crippen LogP contribution in [-0.2, 0) is 19.0 Å². The number of carboxylic acid groups (broad SMARTS) is 1. The van der Waals surface area contributed by atoms with Gasteiger partial charge in [0.2, 0.25) is 0 Å². The maximum absolute atomic E-state index is 12.9. The van der Waals surface area contributed by atoms with Crippen LogP contribution in [0, 0.1) is 56.7 Å². The van der Waals surface area contributed by atoms with E-state index < -0.39 is 18.2 Å². The fraction of sp³-hybridized carbons (Fsp3) is 0.921. The van der Waals surface area contributed by atoms with Crippen LogP contribution in [-0.4, -0.2) is 83.4 Å². The molecule has 2 saturated heterocycles. The molecular weight excluding hydrogens is 612 g/mol. The first kappa shape index (κ1) is 34.4. The highest BCUT2D eigenvalue weighted by molar-refractivity contribution is 5.70. The molecule has 7 fully saturated rings. The van der Waals surface area contributed by atoms with Gasteiger partial charge in [0, 0.05) is 30.5 Å². The number of carboxylic acids is 1. The highest BCUT2D eigenvalue weighted by Gasteiger charge is 2.84. The molecule has 13 atom stereocenters. The van der Waals surface area contributed by atoms with Gasteiger partial charge in [0.05, 0.1) is 24.7 Å². The number of rotatable bonds is 7. The minimum atomic E-state index is -0.946. The van der Waals surface area contributed by atoms with Gasteiger partial charge in [-0.2, -0.15) is 0 Å². The Hall–Kier alpha value is -2.07. The highest BCUT2D eigenvalue weighted by atomic mass is 16.6. The van der Waals surface area contributed by atoms with Crippen molar-refractivity contribution in [3.63, 3.8) is 0 Å². The molecule has 2 spiro atoms. The van der Waals surface area contributed by atoms with E-state index in [1.165, 1.54) is 12.8 Å². The Morgan fingerprint density at radius 3 is 2.33 bits per heavy atom. The molecule has 0 aromatic heterocycles. The zero-order valence-electron chi connectivity index (χ0n) is 30.3. The van der Waals surface area contributed by atoms with Crippen LogP contribution in [0.5, 0.6) is 0 Å². The Labute approximate surface area is 286 Å². The molecule has 3 N–H and O–H groups in total. The van der Waals surface area contributed by atoms with E-state index in [1.54, 1.807) is 4.90 Å². The standard InChI is InChI=1S/C38H60N2O8/c1-21(2)29(48-33(45)40-17-8-18-40)23-19-22(3)28-30(46-23)31(43)36(7)25-10-9-24-34(4,5)26(47-32(44)39-16-12-27(41)42)11-13-37(24)20-38(25,37)15-14-35(28,36)6/h21-26,28-31,43H,8-20H2,1-7H3,(H,39,44)(H,41,42)/t22-,23?,24+,25?,26+,28+,29-,30?,31+,35-,36-,37-,38+/m1/s1. The minimum absolute atomic E-state index is 0.0560. The molecule has 7 rings (SSSR count). The summed E-state index contributed by atoms with van der Waals surface area (Å²) < 4.78 is 19.1. The van der Waals surface area contributed by atoms with Crippen molar-refractivity contribution >= 4 is 18.2 Å². The Bertz CT molecular complexity index is 1320. The first-order valence-electron chi connectivity index (χ1n) is 19.0. The van der Waals surface area contributed by atoms with Gasteiger partial charge in [-0.25, -0.2) is 9.59 Å². The summed E-state index contributed by atoms with van der Waals surface area (Å²) in [6.07, 6.45) is 6.67. The number of carbonyl (C=O) groups is 3. The summed E-state index contributed by atoms with van der Waals surface area (Å²) >= 11 is 0. The van der Waals surface area contributed by atoms with Crippen LogP contribution in [0.1, 0.15) is 113 Å². The topological polar surface area (TPSA) is 135 Å². The van der Waals surface area contributed by atoms with Crippen LogP contribution in [0.4, 0.5) is 9.59 Å². The number of ether oxygens (including phenoxy) is 3. The fourth-order valence-corrected chi connectivity index (χ4v) is 13.5. The van der Waals surface area contributed by atoms with Crippen molar-refractivity contribution in [2.45, 2.75) is 143 Å². The summed E-state index contributed by atoms with van der Waals surface area (Å²) in [4.78, 5) is 38.2. The van der Waals surface area contributed by atoms with Crippen LogP contribution >= 0.6 is 0 Å². The summed E-state index contributed by atoms with van der Waals surface area (Å²) in [7, 11) is 0. The summed E-state index contributed by atoms with van der Waals surface area (Å²) in [5.74, 6) is 0.571. The third-order valence-electron chi connectivity index (χ3n) is 16.0. The first-order valence-corrected chi connectivity index (χ1v) is 19.0. The largest absolute Gasteiger partial charge is 0.481 e. The molecular formula is C38H60N2O8. The molecule has 2 aliphatic heterocycles. The number of nitrogens with one attached hydrogen (secondary N) is 1. The number of hydrogen-bond donors (Lipinski definition) is 3. The van der Waals surface area contributed by atoms with Gasteiger partial charge in [-0.3, -0.25) is 4.79 Å². The number of amides is 2. The molecule has 5 aliphatic carbocycles. The molecule has 0 bridgehead atoms. The monoisotopic (exact) mass is 672 g/mol. The van der Waals surface area contributed by atoms with Crippen molar-refractivity contribution in [2.75, 3.05) is 19.6 Å². The normalized spacial score (nSPS) is 47.2. The van der Waals surface area contributed by atoms with Crippen molar-refractivity contribution in [1.29, 1.82) is 0 Å². The number of aliphatic hydroxyl groups excluding tert-OH is 1. The number of carbonyl (C=O) groups excluding carboxylic acids is 2. The van der Waals surface area contributed by atoms with Crippen LogP contribution in [0.25, 0.3) is 0 Å². The summed E-state index contributed by atoms with van der Waals surface area (Å²) in [5, 5.41) is 24.2. The Balaban J connectivity index is 1.10. The number of fused-ring (bicyclic) bond motifs is 4. The van der Waals surface area contributed by atoms with Crippen molar-refractivity contribution in [1.82, 2.24) is 10.2 Å². The first-order chi connectivity index (χ1) is 22.5. The number of alkyl carbamates (subject to hydrolysis) is 1. The molecule has 2 amide bonds. The number of aliphatic carboxylic acids is 1. The van der Waals surface area contributed by atoms with E-state index >= 15 is 0 Å². The van der Waals surface area contributed by atoms with Crippen LogP contribution in [0.2, 0.25) is 0 Å². The number of likely N-dealkylation sites (tertiary alicyclic amines) is 1. The van der Waals surface area contributed by atoms with Crippen LogP contribution < -0.4 is 5.32 Å². The number of nitrogens with zero attached hydrogens (tertiary/aromatic N) is 1. The third-order valence-corrected chi connectivity index (χ3v) is 16.0. The van der Waals surface area contributed by atoms with E-state index in [4.69, 9.17) is 19.3 Å². The van der Waals surface area contributed by atoms with Gasteiger partial charge in [0.25, 0.3) is 0 Å². The van der Waals surface area contributed by atoms with Crippen molar-refractivity contribution in [3.8, 4) is 0 Å². The van der Waals surface area contributed by atoms with Crippen LogP contribution in [0.3, 0.4) is 0 Å². The predicted octanol–water partition coefficient (Wildman–Crippen LogP) is 6.24. The van der Waals surface area contributed by atoms with E-state index in [9.17, 15) is 19.5 Å². The Morgan fingerprint density at radius 1 is 1.00 bits per heavy atom. The zero-order chi connectivity index (χ0) is 34.6. The maximum Gasteiger partial charge on any atom is 0.410 e. The average Bonchev–Trinajstić information content (AvgIpc) is 3.61. The van der Waals surface area contributed by atoms with Gasteiger partial charge in [-0.15, -0.1) is 0 Å². The van der Waals surface area contributed by atoms with Gasteiger partial charge in [0.1, 0.15) is 12.2 Å². The van der Waals surface area contributed by atoms with E-state index in [0.29, 0.717) is 17.8 Å². The van der Waals surface area contributed by atoms with Gasteiger partial charge < -0.3 is 34.6 Å². The second-order valence-electron chi connectivity index (χ2n) is 18.5. The van der Waals surface area contributed by atoms with E-state index in [1.807, 2.05) is 0 Å². The van der Waals surface area contributed by atoms with Gasteiger partial charge in [-0.1, -0.05) is 48.5 Å². The molecule has 270 valence electrons. The van der Waals surface area contributed by atoms with Crippen molar-refractivity contribution in [2.24, 2.45) is 56.7 Å². The predicted molar refractivity (Wildman–Crippen MR) is 178 cm³/mol. The molecule has 3 unspecified atom stereocenters. The molecule has 10 heteroatoms. The van der Waals surface area contributed by atoms with Crippen molar-refractivity contribution < 1.29 is 38.8 Å². The lowest BCUT2D eigenvalue weighted by Gasteiger charge is -2.63. The van der Waals surface area contributed by atoms with E-state index in [-0.39, 0.29) is 82.4 Å². The SMILES string of the molecule is CC(C)[C@@H](OC(=O)N1CCC1)C1C[C@@H](C)[C@H]2C(O1)[C@H](O)[C@@]1(C)C3CC[C@H]4C(C)(C)[C@@H](OC(=O)NCCC(=O)O)CC[C@@]45C[C@@]35CC[C@]21C. The van der Waals surface area contributed by atoms with Gasteiger partial charge >= 0.3 is 18.2 Å². The second-order valence-corrected chi connectivity index (χ2v) is 18.5. The fourth-order valence-electron chi connectivity index (χ4n) is 13.5. The summed E-state index contributed by atoms with van der Waals surface area (Å²) in [6.45, 7) is 17.5. The third kappa shape index (κ3) is 4.65.